The van der Waals surface area contributed by atoms with Crippen molar-refractivity contribution in [3.05, 3.63) is 0 Å². The molecule has 0 aromatic rings. The molecule has 0 aliphatic carbocycles. The van der Waals surface area contributed by atoms with Crippen LogP contribution in [0, 0.1) is 0 Å². The molecule has 0 radical (unpaired) electrons. The second kappa shape index (κ2) is 6.50. The summed E-state index contributed by atoms with van der Waals surface area (Å²) >= 11 is 0. The number of hydrogen-bond acceptors (Lipinski definition) is 4. The lowest BCUT2D eigenvalue weighted by atomic mass is 9.98. The molecule has 0 spiro atoms. The molecule has 1 saturated heterocycles. The fraction of sp³-hybridized carbons (Fsp3) is 0.923. The number of likely N-dealkylation sites (N-methyl/N-ethyl adjacent to an activating group) is 1. The van der Waals surface area contributed by atoms with Gasteiger partial charge < -0.3 is 15.3 Å². The maximum Gasteiger partial charge on any atom is 0.323 e. The van der Waals surface area contributed by atoms with E-state index in [1.165, 1.54) is 0 Å². The lowest BCUT2D eigenvalue weighted by molar-refractivity contribution is -0.144. The molecule has 0 aromatic heterocycles. The minimum absolute atomic E-state index is 0.605. The van der Waals surface area contributed by atoms with Gasteiger partial charge in [-0.05, 0) is 34.2 Å². The topological polar surface area (TPSA) is 55.8 Å². The molecule has 5 heteroatoms. The van der Waals surface area contributed by atoms with Crippen molar-refractivity contribution in [1.29, 1.82) is 0 Å². The molecule has 1 aliphatic rings. The molecule has 1 fully saturated rings. The van der Waals surface area contributed by atoms with Crippen LogP contribution in [0.4, 0.5) is 0 Å². The SMILES string of the molecule is CNC(C)(CCN1CCN(C(C)C)CC1)C(=O)O. The summed E-state index contributed by atoms with van der Waals surface area (Å²) in [6.07, 6.45) is 0.639. The predicted octanol–water partition coefficient (Wildman–Crippen LogP) is 0.465. The van der Waals surface area contributed by atoms with E-state index in [2.05, 4.69) is 29.0 Å². The van der Waals surface area contributed by atoms with Crippen LogP contribution >= 0.6 is 0 Å². The minimum atomic E-state index is -0.810. The highest BCUT2D eigenvalue weighted by Gasteiger charge is 2.31. The van der Waals surface area contributed by atoms with Gasteiger partial charge in [-0.25, -0.2) is 0 Å². The quantitative estimate of drug-likeness (QED) is 0.724. The molecule has 5 nitrogen and oxygen atoms in total. The van der Waals surface area contributed by atoms with Crippen molar-refractivity contribution in [3.63, 3.8) is 0 Å². The first-order chi connectivity index (χ1) is 8.39. The highest BCUT2D eigenvalue weighted by Crippen LogP contribution is 2.12. The van der Waals surface area contributed by atoms with E-state index in [1.807, 2.05) is 0 Å². The van der Waals surface area contributed by atoms with Gasteiger partial charge in [-0.2, -0.15) is 0 Å². The summed E-state index contributed by atoms with van der Waals surface area (Å²) in [7, 11) is 1.71. The van der Waals surface area contributed by atoms with Crippen LogP contribution in [0.5, 0.6) is 0 Å². The molecule has 18 heavy (non-hydrogen) atoms. The van der Waals surface area contributed by atoms with E-state index in [0.717, 1.165) is 32.7 Å². The molecule has 106 valence electrons. The number of carboxylic acids is 1. The zero-order valence-corrected chi connectivity index (χ0v) is 12.1. The average molecular weight is 257 g/mol. The van der Waals surface area contributed by atoms with Crippen LogP contribution in [0.1, 0.15) is 27.2 Å². The summed E-state index contributed by atoms with van der Waals surface area (Å²) in [5.41, 5.74) is -0.810. The first-order valence-corrected chi connectivity index (χ1v) is 6.78. The highest BCUT2D eigenvalue weighted by molar-refractivity contribution is 5.78. The zero-order chi connectivity index (χ0) is 13.8. The second-order valence-corrected chi connectivity index (χ2v) is 5.61. The van der Waals surface area contributed by atoms with Gasteiger partial charge in [0.1, 0.15) is 5.54 Å². The van der Waals surface area contributed by atoms with Crippen molar-refractivity contribution >= 4 is 5.97 Å². The lowest BCUT2D eigenvalue weighted by Crippen LogP contribution is -2.53. The first kappa shape index (κ1) is 15.4. The predicted molar refractivity (Wildman–Crippen MR) is 72.9 cm³/mol. The molecule has 1 heterocycles. The molecule has 2 N–H and O–H groups in total. The third-order valence-corrected chi connectivity index (χ3v) is 4.09. The van der Waals surface area contributed by atoms with Crippen LogP contribution in [0.3, 0.4) is 0 Å². The summed E-state index contributed by atoms with van der Waals surface area (Å²) < 4.78 is 0. The number of carboxylic acid groups (broad SMARTS) is 1. The van der Waals surface area contributed by atoms with Gasteiger partial charge in [0.15, 0.2) is 0 Å². The zero-order valence-electron chi connectivity index (χ0n) is 12.1. The third-order valence-electron chi connectivity index (χ3n) is 4.09. The first-order valence-electron chi connectivity index (χ1n) is 6.78. The smallest absolute Gasteiger partial charge is 0.323 e. The number of rotatable bonds is 6. The van der Waals surface area contributed by atoms with E-state index in [4.69, 9.17) is 0 Å². The molecular formula is C13H27N3O2. The summed E-state index contributed by atoms with van der Waals surface area (Å²) in [4.78, 5) is 16.0. The van der Waals surface area contributed by atoms with Crippen molar-refractivity contribution in [3.8, 4) is 0 Å². The van der Waals surface area contributed by atoms with E-state index < -0.39 is 11.5 Å². The Kier molecular flexibility index (Phi) is 5.56. The number of nitrogens with one attached hydrogen (secondary N) is 1. The van der Waals surface area contributed by atoms with Crippen molar-refractivity contribution in [2.24, 2.45) is 0 Å². The maximum absolute atomic E-state index is 11.2. The fourth-order valence-electron chi connectivity index (χ4n) is 2.22. The van der Waals surface area contributed by atoms with Gasteiger partial charge in [-0.3, -0.25) is 9.69 Å². The van der Waals surface area contributed by atoms with Gasteiger partial charge in [0, 0.05) is 38.8 Å². The molecule has 0 saturated carbocycles. The van der Waals surface area contributed by atoms with Crippen LogP contribution in [0.2, 0.25) is 0 Å². The highest BCUT2D eigenvalue weighted by atomic mass is 16.4. The molecule has 1 aliphatic heterocycles. The number of piperazine rings is 1. The summed E-state index contributed by atoms with van der Waals surface area (Å²) in [5, 5.41) is 12.1. The molecule has 0 aromatic carbocycles. The van der Waals surface area contributed by atoms with E-state index in [1.54, 1.807) is 14.0 Å². The average Bonchev–Trinajstić information content (AvgIpc) is 2.36. The molecule has 1 unspecified atom stereocenters. The van der Waals surface area contributed by atoms with E-state index in [0.29, 0.717) is 12.5 Å². The van der Waals surface area contributed by atoms with Crippen LogP contribution in [-0.2, 0) is 4.79 Å². The molecule has 1 atom stereocenters. The molecule has 0 amide bonds. The van der Waals surface area contributed by atoms with Gasteiger partial charge in [0.25, 0.3) is 0 Å². The largest absolute Gasteiger partial charge is 0.480 e. The Morgan fingerprint density at radius 3 is 2.28 bits per heavy atom. The Morgan fingerprint density at radius 1 is 1.33 bits per heavy atom. The van der Waals surface area contributed by atoms with Gasteiger partial charge in [0.05, 0.1) is 0 Å². The van der Waals surface area contributed by atoms with Gasteiger partial charge >= 0.3 is 5.97 Å². The van der Waals surface area contributed by atoms with Crippen molar-refractivity contribution in [1.82, 2.24) is 15.1 Å². The van der Waals surface area contributed by atoms with Crippen LogP contribution in [0.15, 0.2) is 0 Å². The molecule has 1 rings (SSSR count). The Balaban J connectivity index is 2.35. The standard InChI is InChI=1S/C13H27N3O2/c1-11(2)16-9-7-15(8-10-16)6-5-13(3,14-4)12(17)18/h11,14H,5-10H2,1-4H3,(H,17,18). The monoisotopic (exact) mass is 257 g/mol. The maximum atomic E-state index is 11.2. The summed E-state index contributed by atoms with van der Waals surface area (Å²) in [6, 6.07) is 0.605. The third kappa shape index (κ3) is 3.93. The van der Waals surface area contributed by atoms with Crippen LogP contribution < -0.4 is 5.32 Å². The summed E-state index contributed by atoms with van der Waals surface area (Å²) in [6.45, 7) is 11.3. The van der Waals surface area contributed by atoms with E-state index >= 15 is 0 Å². The number of hydrogen-bond donors (Lipinski definition) is 2. The normalized spacial score (nSPS) is 22.1. The number of carbonyl (C=O) groups is 1. The van der Waals surface area contributed by atoms with Gasteiger partial charge in [-0.15, -0.1) is 0 Å². The van der Waals surface area contributed by atoms with Crippen molar-refractivity contribution < 1.29 is 9.90 Å². The Bertz CT molecular complexity index is 275. The lowest BCUT2D eigenvalue weighted by Gasteiger charge is -2.38. The Morgan fingerprint density at radius 2 is 1.89 bits per heavy atom. The second-order valence-electron chi connectivity index (χ2n) is 5.61. The van der Waals surface area contributed by atoms with E-state index in [9.17, 15) is 9.90 Å². The van der Waals surface area contributed by atoms with E-state index in [-0.39, 0.29) is 0 Å². The molecule has 0 bridgehead atoms. The van der Waals surface area contributed by atoms with Crippen molar-refractivity contribution in [2.75, 3.05) is 39.8 Å². The van der Waals surface area contributed by atoms with Crippen molar-refractivity contribution in [2.45, 2.75) is 38.8 Å². The van der Waals surface area contributed by atoms with Crippen LogP contribution in [-0.4, -0.2) is 72.2 Å². The number of aliphatic carboxylic acids is 1. The Hall–Kier alpha value is -0.650. The van der Waals surface area contributed by atoms with Gasteiger partial charge in [-0.1, -0.05) is 0 Å². The molecular weight excluding hydrogens is 230 g/mol. The number of nitrogens with zero attached hydrogens (tertiary/aromatic N) is 2. The summed E-state index contributed by atoms with van der Waals surface area (Å²) in [5.74, 6) is -0.772. The van der Waals surface area contributed by atoms with Gasteiger partial charge in [0.2, 0.25) is 0 Å². The fourth-order valence-corrected chi connectivity index (χ4v) is 2.22. The van der Waals surface area contributed by atoms with Crippen LogP contribution in [0.25, 0.3) is 0 Å². The Labute approximate surface area is 110 Å². The minimum Gasteiger partial charge on any atom is -0.480 e.